The second-order valence-electron chi connectivity index (χ2n) is 6.35. The molecule has 1 aliphatic rings. The van der Waals surface area contributed by atoms with Gasteiger partial charge in [-0.1, -0.05) is 6.92 Å². The van der Waals surface area contributed by atoms with Crippen molar-refractivity contribution in [1.29, 1.82) is 0 Å². The van der Waals surface area contributed by atoms with Crippen LogP contribution in [0.3, 0.4) is 0 Å². The first-order chi connectivity index (χ1) is 9.41. The summed E-state index contributed by atoms with van der Waals surface area (Å²) in [5, 5.41) is 12.8. The second-order valence-corrected chi connectivity index (χ2v) is 6.35. The standard InChI is InChI=1S/C15H31N3O2/c1-5-9-16-15(14(19)20)8-7-13(12-15)18(4)11-6-10-17(2)3/h13,16H,5-12H2,1-4H3,(H,19,20). The molecule has 2 N–H and O–H groups in total. The predicted octanol–water partition coefficient (Wildman–Crippen LogP) is 1.25. The van der Waals surface area contributed by atoms with E-state index in [1.54, 1.807) is 0 Å². The lowest BCUT2D eigenvalue weighted by atomic mass is 9.97. The third kappa shape index (κ3) is 4.72. The summed E-state index contributed by atoms with van der Waals surface area (Å²) in [7, 11) is 6.29. The van der Waals surface area contributed by atoms with Crippen LogP contribution in [0.25, 0.3) is 0 Å². The highest BCUT2D eigenvalue weighted by Crippen LogP contribution is 2.33. The molecular formula is C15H31N3O2. The average molecular weight is 285 g/mol. The molecule has 5 nitrogen and oxygen atoms in total. The molecule has 0 saturated heterocycles. The maximum Gasteiger partial charge on any atom is 0.323 e. The summed E-state index contributed by atoms with van der Waals surface area (Å²) >= 11 is 0. The summed E-state index contributed by atoms with van der Waals surface area (Å²) in [5.74, 6) is -0.685. The minimum atomic E-state index is -0.698. The van der Waals surface area contributed by atoms with Gasteiger partial charge in [0.05, 0.1) is 0 Å². The fourth-order valence-corrected chi connectivity index (χ4v) is 3.01. The molecule has 1 rings (SSSR count). The smallest absolute Gasteiger partial charge is 0.323 e. The van der Waals surface area contributed by atoms with Gasteiger partial charge >= 0.3 is 5.97 Å². The average Bonchev–Trinajstić information content (AvgIpc) is 2.81. The largest absolute Gasteiger partial charge is 0.480 e. The first kappa shape index (κ1) is 17.4. The molecule has 2 atom stereocenters. The van der Waals surface area contributed by atoms with Gasteiger partial charge in [0.15, 0.2) is 0 Å². The van der Waals surface area contributed by atoms with Crippen LogP contribution in [0, 0.1) is 0 Å². The summed E-state index contributed by atoms with van der Waals surface area (Å²) in [6.45, 7) is 4.97. The van der Waals surface area contributed by atoms with E-state index in [0.717, 1.165) is 51.7 Å². The summed E-state index contributed by atoms with van der Waals surface area (Å²) in [4.78, 5) is 16.1. The van der Waals surface area contributed by atoms with Gasteiger partial charge in [-0.25, -0.2) is 0 Å². The minimum absolute atomic E-state index is 0.387. The normalized spacial score (nSPS) is 26.6. The van der Waals surface area contributed by atoms with Gasteiger partial charge in [0.25, 0.3) is 0 Å². The number of rotatable bonds is 9. The van der Waals surface area contributed by atoms with Crippen LogP contribution in [0.4, 0.5) is 0 Å². The van der Waals surface area contributed by atoms with Gasteiger partial charge in [-0.05, 0) is 72.9 Å². The highest BCUT2D eigenvalue weighted by molar-refractivity contribution is 5.79. The third-order valence-electron chi connectivity index (χ3n) is 4.35. The quantitative estimate of drug-likeness (QED) is 0.668. The minimum Gasteiger partial charge on any atom is -0.480 e. The SMILES string of the molecule is CCCNC1(C(=O)O)CCC(N(C)CCCN(C)C)C1. The van der Waals surface area contributed by atoms with Gasteiger partial charge in [0.1, 0.15) is 5.54 Å². The molecule has 0 radical (unpaired) electrons. The van der Waals surface area contributed by atoms with Crippen molar-refractivity contribution in [2.24, 2.45) is 0 Å². The molecule has 0 spiro atoms. The van der Waals surface area contributed by atoms with Crippen molar-refractivity contribution in [3.05, 3.63) is 0 Å². The highest BCUT2D eigenvalue weighted by atomic mass is 16.4. The van der Waals surface area contributed by atoms with Gasteiger partial charge in [-0.15, -0.1) is 0 Å². The Morgan fingerprint density at radius 2 is 2.05 bits per heavy atom. The Bertz CT molecular complexity index is 309. The van der Waals surface area contributed by atoms with Crippen LogP contribution >= 0.6 is 0 Å². The molecule has 0 aromatic heterocycles. The third-order valence-corrected chi connectivity index (χ3v) is 4.35. The maximum atomic E-state index is 11.6. The van der Waals surface area contributed by atoms with Crippen molar-refractivity contribution >= 4 is 5.97 Å². The van der Waals surface area contributed by atoms with Crippen LogP contribution in [0.2, 0.25) is 0 Å². The van der Waals surface area contributed by atoms with Crippen molar-refractivity contribution < 1.29 is 9.90 Å². The van der Waals surface area contributed by atoms with E-state index < -0.39 is 11.5 Å². The molecule has 118 valence electrons. The van der Waals surface area contributed by atoms with E-state index in [9.17, 15) is 9.90 Å². The molecule has 0 heterocycles. The van der Waals surface area contributed by atoms with Crippen LogP contribution in [0.5, 0.6) is 0 Å². The van der Waals surface area contributed by atoms with Crippen molar-refractivity contribution in [3.63, 3.8) is 0 Å². The molecule has 5 heteroatoms. The van der Waals surface area contributed by atoms with Gasteiger partial charge in [0, 0.05) is 6.04 Å². The van der Waals surface area contributed by atoms with Crippen LogP contribution in [-0.2, 0) is 4.79 Å². The number of aliphatic carboxylic acids is 1. The maximum absolute atomic E-state index is 11.6. The van der Waals surface area contributed by atoms with Gasteiger partial charge < -0.3 is 20.2 Å². The van der Waals surface area contributed by atoms with Crippen molar-refractivity contribution in [2.75, 3.05) is 40.8 Å². The van der Waals surface area contributed by atoms with Crippen LogP contribution in [0.15, 0.2) is 0 Å². The zero-order chi connectivity index (χ0) is 15.2. The predicted molar refractivity (Wildman–Crippen MR) is 82.1 cm³/mol. The van der Waals surface area contributed by atoms with E-state index in [1.807, 2.05) is 0 Å². The summed E-state index contributed by atoms with van der Waals surface area (Å²) < 4.78 is 0. The number of nitrogens with zero attached hydrogens (tertiary/aromatic N) is 2. The van der Waals surface area contributed by atoms with E-state index in [-0.39, 0.29) is 0 Å². The summed E-state index contributed by atoms with van der Waals surface area (Å²) in [6, 6.07) is 0.387. The van der Waals surface area contributed by atoms with E-state index in [2.05, 4.69) is 43.2 Å². The number of hydrogen-bond acceptors (Lipinski definition) is 4. The first-order valence-corrected chi connectivity index (χ1v) is 7.74. The molecule has 2 unspecified atom stereocenters. The Kier molecular flexibility index (Phi) is 6.92. The lowest BCUT2D eigenvalue weighted by Crippen LogP contribution is -2.51. The van der Waals surface area contributed by atoms with Crippen molar-refractivity contribution in [2.45, 2.75) is 50.6 Å². The van der Waals surface area contributed by atoms with E-state index in [0.29, 0.717) is 6.04 Å². The lowest BCUT2D eigenvalue weighted by Gasteiger charge is -2.29. The number of carboxylic acids is 1. The molecule has 0 aliphatic heterocycles. The number of nitrogens with one attached hydrogen (secondary N) is 1. The Morgan fingerprint density at radius 1 is 1.35 bits per heavy atom. The number of carbonyl (C=O) groups is 1. The Hall–Kier alpha value is -0.650. The zero-order valence-electron chi connectivity index (χ0n) is 13.5. The van der Waals surface area contributed by atoms with E-state index in [4.69, 9.17) is 0 Å². The van der Waals surface area contributed by atoms with Crippen molar-refractivity contribution in [1.82, 2.24) is 15.1 Å². The van der Waals surface area contributed by atoms with E-state index >= 15 is 0 Å². The topological polar surface area (TPSA) is 55.8 Å². The monoisotopic (exact) mass is 285 g/mol. The van der Waals surface area contributed by atoms with Crippen LogP contribution in [0.1, 0.15) is 39.0 Å². The van der Waals surface area contributed by atoms with Crippen LogP contribution < -0.4 is 5.32 Å². The second kappa shape index (κ2) is 7.96. The van der Waals surface area contributed by atoms with Gasteiger partial charge in [0.2, 0.25) is 0 Å². The molecule has 0 bridgehead atoms. The fraction of sp³-hybridized carbons (Fsp3) is 0.933. The summed E-state index contributed by atoms with van der Waals surface area (Å²) in [5.41, 5.74) is -0.698. The fourth-order valence-electron chi connectivity index (χ4n) is 3.01. The van der Waals surface area contributed by atoms with Crippen LogP contribution in [-0.4, -0.2) is 73.2 Å². The van der Waals surface area contributed by atoms with E-state index in [1.165, 1.54) is 0 Å². The Balaban J connectivity index is 2.48. The zero-order valence-corrected chi connectivity index (χ0v) is 13.5. The molecule has 1 aliphatic carbocycles. The first-order valence-electron chi connectivity index (χ1n) is 7.74. The van der Waals surface area contributed by atoms with Gasteiger partial charge in [-0.2, -0.15) is 0 Å². The molecular weight excluding hydrogens is 254 g/mol. The number of hydrogen-bond donors (Lipinski definition) is 2. The molecule has 1 fully saturated rings. The Morgan fingerprint density at radius 3 is 2.60 bits per heavy atom. The van der Waals surface area contributed by atoms with Gasteiger partial charge in [-0.3, -0.25) is 4.79 Å². The molecule has 0 amide bonds. The molecule has 0 aromatic carbocycles. The highest BCUT2D eigenvalue weighted by Gasteiger charge is 2.45. The Labute approximate surface area is 123 Å². The molecule has 1 saturated carbocycles. The molecule has 0 aromatic rings. The number of carboxylic acid groups (broad SMARTS) is 1. The molecule has 20 heavy (non-hydrogen) atoms. The summed E-state index contributed by atoms with van der Waals surface area (Å²) in [6.07, 6.45) is 4.54. The van der Waals surface area contributed by atoms with Crippen molar-refractivity contribution in [3.8, 4) is 0 Å². The lowest BCUT2D eigenvalue weighted by molar-refractivity contribution is -0.144.